The van der Waals surface area contributed by atoms with Gasteiger partial charge in [0.2, 0.25) is 5.95 Å². The molecule has 0 atom stereocenters. The fourth-order valence-electron chi connectivity index (χ4n) is 1.33. The average Bonchev–Trinajstić information content (AvgIpc) is 2.70. The monoisotopic (exact) mass is 240 g/mol. The van der Waals surface area contributed by atoms with E-state index in [0.29, 0.717) is 31.4 Å². The number of rotatable bonds is 6. The Kier molecular flexibility index (Phi) is 3.84. The van der Waals surface area contributed by atoms with Crippen LogP contribution in [0.3, 0.4) is 0 Å². The quantitative estimate of drug-likeness (QED) is 0.710. The molecule has 0 aliphatic rings. The molecule has 0 saturated carbocycles. The highest BCUT2D eigenvalue weighted by Gasteiger charge is 2.03. The summed E-state index contributed by atoms with van der Waals surface area (Å²) in [5, 5.41) is 15.5. The van der Waals surface area contributed by atoms with Gasteiger partial charge in [0.05, 0.1) is 26.0 Å². The Morgan fingerprint density at radius 1 is 1.41 bits per heavy atom. The van der Waals surface area contributed by atoms with Crippen LogP contribution in [0.4, 0.5) is 10.3 Å². The molecule has 6 nitrogen and oxygen atoms in total. The van der Waals surface area contributed by atoms with Crippen molar-refractivity contribution in [1.82, 2.24) is 14.6 Å². The molecule has 2 aromatic heterocycles. The molecule has 0 amide bonds. The van der Waals surface area contributed by atoms with Gasteiger partial charge in [-0.3, -0.25) is 0 Å². The first kappa shape index (κ1) is 11.7. The molecule has 0 spiro atoms. The van der Waals surface area contributed by atoms with Gasteiger partial charge in [0, 0.05) is 6.54 Å². The summed E-state index contributed by atoms with van der Waals surface area (Å²) in [7, 11) is 0. The molecule has 0 aromatic carbocycles. The summed E-state index contributed by atoms with van der Waals surface area (Å²) >= 11 is 0. The van der Waals surface area contributed by atoms with E-state index in [1.54, 1.807) is 6.07 Å². The number of aliphatic hydroxyl groups excluding tert-OH is 1. The standard InChI is InChI=1S/C10H13FN4O2/c11-8-1-2-9-13-10(14-15(9)7-8)12-3-5-17-6-4-16/h1-2,7,16H,3-6H2,(H,12,14). The first-order valence-electron chi connectivity index (χ1n) is 5.24. The van der Waals surface area contributed by atoms with E-state index in [1.807, 2.05) is 0 Å². The minimum absolute atomic E-state index is 0.00584. The molecule has 2 aromatic rings. The number of aliphatic hydroxyl groups is 1. The highest BCUT2D eigenvalue weighted by molar-refractivity contribution is 5.42. The zero-order valence-electron chi connectivity index (χ0n) is 9.14. The maximum absolute atomic E-state index is 12.9. The van der Waals surface area contributed by atoms with E-state index in [4.69, 9.17) is 9.84 Å². The predicted octanol–water partition coefficient (Wildman–Crippen LogP) is 0.289. The maximum Gasteiger partial charge on any atom is 0.243 e. The van der Waals surface area contributed by atoms with Crippen LogP contribution in [0.15, 0.2) is 18.3 Å². The second-order valence-electron chi connectivity index (χ2n) is 3.35. The zero-order chi connectivity index (χ0) is 12.1. The number of ether oxygens (including phenoxy) is 1. The van der Waals surface area contributed by atoms with Crippen LogP contribution in [-0.2, 0) is 4.74 Å². The van der Waals surface area contributed by atoms with E-state index in [9.17, 15) is 4.39 Å². The molecule has 0 bridgehead atoms. The number of halogens is 1. The molecule has 0 fully saturated rings. The fourth-order valence-corrected chi connectivity index (χ4v) is 1.33. The molecule has 2 rings (SSSR count). The number of nitrogens with one attached hydrogen (secondary N) is 1. The van der Waals surface area contributed by atoms with E-state index in [-0.39, 0.29) is 12.4 Å². The van der Waals surface area contributed by atoms with Crippen molar-refractivity contribution in [2.24, 2.45) is 0 Å². The van der Waals surface area contributed by atoms with Gasteiger partial charge in [0.25, 0.3) is 0 Å². The predicted molar refractivity (Wildman–Crippen MR) is 59.3 cm³/mol. The van der Waals surface area contributed by atoms with Crippen LogP contribution in [0.25, 0.3) is 5.65 Å². The Hall–Kier alpha value is -1.73. The first-order valence-corrected chi connectivity index (χ1v) is 5.24. The molecule has 0 unspecified atom stereocenters. The maximum atomic E-state index is 12.9. The van der Waals surface area contributed by atoms with Gasteiger partial charge in [-0.05, 0) is 12.1 Å². The molecular formula is C10H13FN4O2. The molecule has 17 heavy (non-hydrogen) atoms. The summed E-state index contributed by atoms with van der Waals surface area (Å²) in [5.41, 5.74) is 0.574. The second-order valence-corrected chi connectivity index (χ2v) is 3.35. The number of aromatic nitrogens is 3. The third-order valence-corrected chi connectivity index (χ3v) is 2.06. The lowest BCUT2D eigenvalue weighted by atomic mass is 10.5. The van der Waals surface area contributed by atoms with Crippen molar-refractivity contribution in [1.29, 1.82) is 0 Å². The smallest absolute Gasteiger partial charge is 0.243 e. The van der Waals surface area contributed by atoms with Gasteiger partial charge in [-0.1, -0.05) is 0 Å². The van der Waals surface area contributed by atoms with Crippen LogP contribution in [0.2, 0.25) is 0 Å². The molecule has 2 N–H and O–H groups in total. The first-order chi connectivity index (χ1) is 8.29. The third-order valence-electron chi connectivity index (χ3n) is 2.06. The summed E-state index contributed by atoms with van der Waals surface area (Å²) < 4.78 is 19.3. The zero-order valence-corrected chi connectivity index (χ0v) is 9.14. The van der Waals surface area contributed by atoms with Gasteiger partial charge < -0.3 is 15.2 Å². The summed E-state index contributed by atoms with van der Waals surface area (Å²) in [4.78, 5) is 4.14. The van der Waals surface area contributed by atoms with Crippen molar-refractivity contribution in [3.8, 4) is 0 Å². The fraction of sp³-hybridized carbons (Fsp3) is 0.400. The Balaban J connectivity index is 1.91. The lowest BCUT2D eigenvalue weighted by Gasteiger charge is -2.01. The average molecular weight is 240 g/mol. The van der Waals surface area contributed by atoms with Crippen molar-refractivity contribution in [2.45, 2.75) is 0 Å². The normalized spacial score (nSPS) is 10.9. The number of fused-ring (bicyclic) bond motifs is 1. The third kappa shape index (κ3) is 3.11. The number of nitrogens with zero attached hydrogens (tertiary/aromatic N) is 3. The van der Waals surface area contributed by atoms with Crippen LogP contribution in [-0.4, -0.2) is 46.1 Å². The van der Waals surface area contributed by atoms with Crippen molar-refractivity contribution >= 4 is 11.6 Å². The molecule has 7 heteroatoms. The van der Waals surface area contributed by atoms with E-state index in [1.165, 1.54) is 16.8 Å². The lowest BCUT2D eigenvalue weighted by molar-refractivity contribution is 0.0991. The largest absolute Gasteiger partial charge is 0.394 e. The summed E-state index contributed by atoms with van der Waals surface area (Å²) in [6, 6.07) is 2.88. The van der Waals surface area contributed by atoms with Crippen LogP contribution in [0, 0.1) is 5.82 Å². The van der Waals surface area contributed by atoms with Crippen LogP contribution < -0.4 is 5.32 Å². The van der Waals surface area contributed by atoms with E-state index >= 15 is 0 Å². The van der Waals surface area contributed by atoms with Gasteiger partial charge in [0.15, 0.2) is 5.65 Å². The van der Waals surface area contributed by atoms with Crippen LogP contribution >= 0.6 is 0 Å². The molecule has 0 aliphatic carbocycles. The number of hydrogen-bond donors (Lipinski definition) is 2. The van der Waals surface area contributed by atoms with Gasteiger partial charge >= 0.3 is 0 Å². The molecule has 0 radical (unpaired) electrons. The molecular weight excluding hydrogens is 227 g/mol. The molecule has 0 aliphatic heterocycles. The SMILES string of the molecule is OCCOCCNc1nc2ccc(F)cn2n1. The van der Waals surface area contributed by atoms with Crippen LogP contribution in [0.1, 0.15) is 0 Å². The summed E-state index contributed by atoms with van der Waals surface area (Å²) in [6.45, 7) is 1.29. The van der Waals surface area contributed by atoms with Gasteiger partial charge in [-0.2, -0.15) is 4.98 Å². The van der Waals surface area contributed by atoms with E-state index in [0.717, 1.165) is 0 Å². The Labute approximate surface area is 97.0 Å². The summed E-state index contributed by atoms with van der Waals surface area (Å²) in [6.07, 6.45) is 1.26. The molecule has 2 heterocycles. The number of hydrogen-bond acceptors (Lipinski definition) is 5. The summed E-state index contributed by atoms with van der Waals surface area (Å²) in [5.74, 6) is 0.0587. The van der Waals surface area contributed by atoms with Gasteiger partial charge in [-0.25, -0.2) is 8.91 Å². The lowest BCUT2D eigenvalue weighted by Crippen LogP contribution is -2.12. The minimum atomic E-state index is -0.361. The van der Waals surface area contributed by atoms with Crippen molar-refractivity contribution in [3.05, 3.63) is 24.1 Å². The highest BCUT2D eigenvalue weighted by atomic mass is 19.1. The van der Waals surface area contributed by atoms with Crippen molar-refractivity contribution < 1.29 is 14.2 Å². The Morgan fingerprint density at radius 2 is 2.29 bits per heavy atom. The molecule has 92 valence electrons. The van der Waals surface area contributed by atoms with E-state index in [2.05, 4.69) is 15.4 Å². The Bertz CT molecular complexity index is 488. The van der Waals surface area contributed by atoms with E-state index < -0.39 is 0 Å². The topological polar surface area (TPSA) is 71.7 Å². The van der Waals surface area contributed by atoms with Crippen molar-refractivity contribution in [3.63, 3.8) is 0 Å². The molecule has 0 saturated heterocycles. The van der Waals surface area contributed by atoms with Crippen molar-refractivity contribution in [2.75, 3.05) is 31.7 Å². The van der Waals surface area contributed by atoms with Gasteiger partial charge in [0.1, 0.15) is 5.82 Å². The number of pyridine rings is 1. The minimum Gasteiger partial charge on any atom is -0.394 e. The second kappa shape index (κ2) is 5.55. The number of anilines is 1. The highest BCUT2D eigenvalue weighted by Crippen LogP contribution is 2.06. The Morgan fingerprint density at radius 3 is 3.12 bits per heavy atom. The van der Waals surface area contributed by atoms with Crippen LogP contribution in [0.5, 0.6) is 0 Å². The van der Waals surface area contributed by atoms with Gasteiger partial charge in [-0.15, -0.1) is 5.10 Å².